The van der Waals surface area contributed by atoms with Gasteiger partial charge in [0.2, 0.25) is 0 Å². The number of hydrogen-bond donors (Lipinski definition) is 0. The molecule has 65 valence electrons. The van der Waals surface area contributed by atoms with Gasteiger partial charge < -0.3 is 0 Å². The molecule has 1 heteroatoms. The molecular weight excluding hydrogens is 176 g/mol. The molecule has 0 atom stereocenters. The molecule has 0 amide bonds. The summed E-state index contributed by atoms with van der Waals surface area (Å²) >= 11 is 1.67. The maximum Gasteiger partial charge on any atom is 0.0449 e. The van der Waals surface area contributed by atoms with E-state index >= 15 is 0 Å². The van der Waals surface area contributed by atoms with Gasteiger partial charge in [0.05, 0.1) is 0 Å². The Bertz CT molecular complexity index is 399. The van der Waals surface area contributed by atoms with E-state index in [0.717, 1.165) is 0 Å². The highest BCUT2D eigenvalue weighted by Crippen LogP contribution is 2.28. The van der Waals surface area contributed by atoms with Crippen LogP contribution in [0.15, 0.2) is 30.3 Å². The van der Waals surface area contributed by atoms with Crippen molar-refractivity contribution in [3.8, 4) is 10.4 Å². The fourth-order valence-corrected chi connectivity index (χ4v) is 2.13. The molecule has 2 rings (SSSR count). The van der Waals surface area contributed by atoms with Crippen LogP contribution >= 0.6 is 11.3 Å². The molecule has 1 radical (unpaired) electrons. The van der Waals surface area contributed by atoms with E-state index in [-0.39, 0.29) is 0 Å². The lowest BCUT2D eigenvalue weighted by Crippen LogP contribution is -1.83. The summed E-state index contributed by atoms with van der Waals surface area (Å²) in [5, 5.41) is 3.12. The van der Waals surface area contributed by atoms with Crippen molar-refractivity contribution in [2.45, 2.75) is 13.8 Å². The molecule has 1 aromatic heterocycles. The zero-order valence-corrected chi connectivity index (χ0v) is 8.61. The van der Waals surface area contributed by atoms with E-state index in [9.17, 15) is 0 Å². The van der Waals surface area contributed by atoms with Crippen molar-refractivity contribution in [3.63, 3.8) is 0 Å². The first kappa shape index (κ1) is 8.52. The van der Waals surface area contributed by atoms with Gasteiger partial charge in [-0.3, -0.25) is 0 Å². The molecule has 13 heavy (non-hydrogen) atoms. The van der Waals surface area contributed by atoms with Gasteiger partial charge in [0.15, 0.2) is 0 Å². The van der Waals surface area contributed by atoms with Crippen LogP contribution < -0.4 is 0 Å². The molecule has 0 aliphatic heterocycles. The minimum Gasteiger partial charge on any atom is -0.134 e. The van der Waals surface area contributed by atoms with Gasteiger partial charge in [-0.25, -0.2) is 0 Å². The first-order valence-corrected chi connectivity index (χ1v) is 5.13. The third-order valence-electron chi connectivity index (χ3n) is 2.34. The van der Waals surface area contributed by atoms with Crippen LogP contribution in [-0.2, 0) is 0 Å². The fraction of sp³-hybridized carbons (Fsp3) is 0.167. The highest BCUT2D eigenvalue weighted by atomic mass is 32.1. The first-order chi connectivity index (χ1) is 6.29. The molecule has 1 aromatic carbocycles. The summed E-state index contributed by atoms with van der Waals surface area (Å²) in [6.45, 7) is 4.32. The number of thiophene rings is 1. The van der Waals surface area contributed by atoms with Gasteiger partial charge >= 0.3 is 0 Å². The fourth-order valence-electron chi connectivity index (χ4n) is 1.40. The SMILES string of the molecule is Cc1cccc(-c2cc[c]s2)c1C. The highest BCUT2D eigenvalue weighted by Gasteiger charge is 2.03. The highest BCUT2D eigenvalue weighted by molar-refractivity contribution is 7.13. The molecule has 0 aliphatic carbocycles. The smallest absolute Gasteiger partial charge is 0.0449 e. The van der Waals surface area contributed by atoms with Crippen molar-refractivity contribution < 1.29 is 0 Å². The Morgan fingerprint density at radius 1 is 1.15 bits per heavy atom. The lowest BCUT2D eigenvalue weighted by atomic mass is 10.0. The molecule has 0 saturated heterocycles. The predicted octanol–water partition coefficient (Wildman–Crippen LogP) is 3.83. The minimum absolute atomic E-state index is 1.31. The number of hydrogen-bond acceptors (Lipinski definition) is 1. The minimum atomic E-state index is 1.31. The average Bonchev–Trinajstić information content (AvgIpc) is 2.62. The summed E-state index contributed by atoms with van der Waals surface area (Å²) in [4.78, 5) is 1.31. The van der Waals surface area contributed by atoms with E-state index in [1.54, 1.807) is 11.3 Å². The Labute approximate surface area is 82.9 Å². The topological polar surface area (TPSA) is 0 Å². The van der Waals surface area contributed by atoms with Crippen molar-refractivity contribution in [2.24, 2.45) is 0 Å². The van der Waals surface area contributed by atoms with E-state index in [2.05, 4.69) is 43.5 Å². The summed E-state index contributed by atoms with van der Waals surface area (Å²) in [6, 6.07) is 10.5. The molecule has 0 unspecified atom stereocenters. The Morgan fingerprint density at radius 3 is 2.69 bits per heavy atom. The third kappa shape index (κ3) is 1.52. The quantitative estimate of drug-likeness (QED) is 0.636. The molecule has 1 heterocycles. The lowest BCUT2D eigenvalue weighted by molar-refractivity contribution is 1.35. The van der Waals surface area contributed by atoms with Crippen LogP contribution in [0.1, 0.15) is 11.1 Å². The molecule has 0 saturated carbocycles. The zero-order chi connectivity index (χ0) is 9.26. The molecule has 2 aromatic rings. The van der Waals surface area contributed by atoms with Crippen molar-refractivity contribution >= 4 is 11.3 Å². The van der Waals surface area contributed by atoms with Crippen LogP contribution in [0.5, 0.6) is 0 Å². The lowest BCUT2D eigenvalue weighted by Gasteiger charge is -2.05. The van der Waals surface area contributed by atoms with Crippen molar-refractivity contribution in [2.75, 3.05) is 0 Å². The van der Waals surface area contributed by atoms with E-state index in [1.165, 1.54) is 21.6 Å². The van der Waals surface area contributed by atoms with Crippen LogP contribution in [0.4, 0.5) is 0 Å². The zero-order valence-electron chi connectivity index (χ0n) is 7.79. The second-order valence-electron chi connectivity index (χ2n) is 3.16. The second kappa shape index (κ2) is 3.35. The molecular formula is C12H11S. The van der Waals surface area contributed by atoms with Gasteiger partial charge in [-0.15, -0.1) is 11.3 Å². The monoisotopic (exact) mass is 187 g/mol. The van der Waals surface area contributed by atoms with Gasteiger partial charge in [-0.2, -0.15) is 0 Å². The molecule has 0 nitrogen and oxygen atoms in total. The summed E-state index contributed by atoms with van der Waals surface area (Å²) in [5.74, 6) is 0. The van der Waals surface area contributed by atoms with Gasteiger partial charge in [-0.05, 0) is 42.7 Å². The van der Waals surface area contributed by atoms with Crippen molar-refractivity contribution in [1.29, 1.82) is 0 Å². The molecule has 0 spiro atoms. The van der Waals surface area contributed by atoms with Crippen molar-refractivity contribution in [3.05, 3.63) is 46.8 Å². The summed E-state index contributed by atoms with van der Waals surface area (Å²) < 4.78 is 0. The largest absolute Gasteiger partial charge is 0.134 e. The summed E-state index contributed by atoms with van der Waals surface area (Å²) in [6.07, 6.45) is 0. The molecule has 0 N–H and O–H groups in total. The first-order valence-electron chi connectivity index (χ1n) is 4.31. The van der Waals surface area contributed by atoms with Gasteiger partial charge in [0, 0.05) is 10.3 Å². The molecule has 0 bridgehead atoms. The number of aryl methyl sites for hydroxylation is 1. The molecule has 0 aliphatic rings. The normalized spacial score (nSPS) is 10.3. The number of benzene rings is 1. The Morgan fingerprint density at radius 2 is 2.00 bits per heavy atom. The average molecular weight is 187 g/mol. The van der Waals surface area contributed by atoms with E-state index in [1.807, 2.05) is 6.07 Å². The standard InChI is InChI=1S/C12H11S/c1-9-5-3-6-11(10(9)2)12-7-4-8-13-12/h3-7H,1-2H3. The third-order valence-corrected chi connectivity index (χ3v) is 3.17. The summed E-state index contributed by atoms with van der Waals surface area (Å²) in [5.41, 5.74) is 4.07. The van der Waals surface area contributed by atoms with E-state index in [4.69, 9.17) is 0 Å². The Balaban J connectivity index is 2.59. The van der Waals surface area contributed by atoms with E-state index < -0.39 is 0 Å². The van der Waals surface area contributed by atoms with Crippen LogP contribution in [-0.4, -0.2) is 0 Å². The van der Waals surface area contributed by atoms with Gasteiger partial charge in [0.25, 0.3) is 0 Å². The molecule has 0 fully saturated rings. The maximum atomic E-state index is 3.12. The van der Waals surface area contributed by atoms with E-state index in [0.29, 0.717) is 0 Å². The van der Waals surface area contributed by atoms with Crippen LogP contribution in [0.25, 0.3) is 10.4 Å². The summed E-state index contributed by atoms with van der Waals surface area (Å²) in [7, 11) is 0. The number of rotatable bonds is 1. The van der Waals surface area contributed by atoms with Crippen LogP contribution in [0.3, 0.4) is 0 Å². The maximum absolute atomic E-state index is 3.12. The van der Waals surface area contributed by atoms with Gasteiger partial charge in [-0.1, -0.05) is 18.2 Å². The van der Waals surface area contributed by atoms with Crippen LogP contribution in [0, 0.1) is 19.2 Å². The van der Waals surface area contributed by atoms with Gasteiger partial charge in [0.1, 0.15) is 0 Å². The Kier molecular flexibility index (Phi) is 2.19. The van der Waals surface area contributed by atoms with Crippen LogP contribution in [0.2, 0.25) is 0 Å². The predicted molar refractivity (Wildman–Crippen MR) is 58.1 cm³/mol. The Hall–Kier alpha value is -1.08. The van der Waals surface area contributed by atoms with Crippen molar-refractivity contribution in [1.82, 2.24) is 0 Å². The second-order valence-corrected chi connectivity index (χ2v) is 4.04.